The number of nitrogens with zero attached hydrogens (tertiary/aromatic N) is 2. The molecule has 0 saturated carbocycles. The van der Waals surface area contributed by atoms with Crippen molar-refractivity contribution < 1.29 is 13.2 Å². The molecule has 170 valence electrons. The summed E-state index contributed by atoms with van der Waals surface area (Å²) in [7, 11) is -3.06. The van der Waals surface area contributed by atoms with Crippen molar-refractivity contribution in [2.75, 3.05) is 28.3 Å². The van der Waals surface area contributed by atoms with Crippen LogP contribution in [0.25, 0.3) is 0 Å². The number of aryl methyl sites for hydroxylation is 4. The molecule has 0 aromatic heterocycles. The van der Waals surface area contributed by atoms with Crippen molar-refractivity contribution in [2.45, 2.75) is 39.0 Å². The van der Waals surface area contributed by atoms with Gasteiger partial charge in [-0.15, -0.1) is 0 Å². The molecule has 9 heteroatoms. The van der Waals surface area contributed by atoms with Crippen molar-refractivity contribution >= 4 is 55.6 Å². The van der Waals surface area contributed by atoms with E-state index in [-0.39, 0.29) is 35.2 Å². The minimum absolute atomic E-state index is 0.0458. The number of amides is 1. The summed E-state index contributed by atoms with van der Waals surface area (Å²) in [5, 5.41) is 4.19. The molecule has 2 aliphatic heterocycles. The molecule has 0 radical (unpaired) electrons. The van der Waals surface area contributed by atoms with Gasteiger partial charge in [0.15, 0.2) is 15.0 Å². The minimum atomic E-state index is -3.06. The van der Waals surface area contributed by atoms with Gasteiger partial charge in [-0.1, -0.05) is 47.1 Å². The Morgan fingerprint density at radius 3 is 2.44 bits per heavy atom. The Morgan fingerprint density at radius 1 is 1.12 bits per heavy atom. The molecular formula is C23H26ClN3O3S2. The first-order chi connectivity index (χ1) is 15.0. The molecule has 1 fully saturated rings. The van der Waals surface area contributed by atoms with E-state index in [9.17, 15) is 13.2 Å². The fraction of sp³-hybridized carbons (Fsp3) is 0.391. The number of anilines is 2. The number of fused-ring (bicyclic) bond motifs is 1. The molecule has 1 N–H and O–H groups in total. The van der Waals surface area contributed by atoms with E-state index in [0.29, 0.717) is 10.2 Å². The lowest BCUT2D eigenvalue weighted by Gasteiger charge is -2.25. The molecule has 2 aromatic carbocycles. The number of nitrogens with one attached hydrogen (secondary N) is 1. The molecule has 2 aliphatic rings. The lowest BCUT2D eigenvalue weighted by Crippen LogP contribution is -2.37. The van der Waals surface area contributed by atoms with E-state index in [4.69, 9.17) is 11.6 Å². The summed E-state index contributed by atoms with van der Waals surface area (Å²) < 4.78 is 23.9. The summed E-state index contributed by atoms with van der Waals surface area (Å²) in [6.07, 6.45) is 0. The van der Waals surface area contributed by atoms with E-state index in [1.54, 1.807) is 0 Å². The molecule has 6 nitrogen and oxygen atoms in total. The summed E-state index contributed by atoms with van der Waals surface area (Å²) in [5.74, 6) is 0.000802. The summed E-state index contributed by atoms with van der Waals surface area (Å²) in [6.45, 7) is 7.95. The van der Waals surface area contributed by atoms with Gasteiger partial charge in [-0.3, -0.25) is 9.79 Å². The van der Waals surface area contributed by atoms with Gasteiger partial charge in [0.25, 0.3) is 0 Å². The Labute approximate surface area is 198 Å². The topological polar surface area (TPSA) is 78.8 Å². The summed E-state index contributed by atoms with van der Waals surface area (Å²) >= 11 is 7.79. The number of halogens is 1. The van der Waals surface area contributed by atoms with E-state index in [1.165, 1.54) is 11.8 Å². The van der Waals surface area contributed by atoms with E-state index in [2.05, 4.69) is 10.3 Å². The fourth-order valence-electron chi connectivity index (χ4n) is 4.19. The Morgan fingerprint density at radius 2 is 1.81 bits per heavy atom. The van der Waals surface area contributed by atoms with Gasteiger partial charge in [-0.2, -0.15) is 0 Å². The Balaban J connectivity index is 1.62. The average Bonchev–Trinajstić information content (AvgIpc) is 3.18. The van der Waals surface area contributed by atoms with Crippen LogP contribution in [0.15, 0.2) is 35.3 Å². The second kappa shape index (κ2) is 8.72. The zero-order valence-electron chi connectivity index (χ0n) is 18.5. The van der Waals surface area contributed by atoms with Crippen LogP contribution in [-0.4, -0.2) is 48.8 Å². The molecule has 0 spiro atoms. The van der Waals surface area contributed by atoms with Gasteiger partial charge < -0.3 is 10.2 Å². The maximum Gasteiger partial charge on any atom is 0.244 e. The predicted molar refractivity (Wildman–Crippen MR) is 134 cm³/mol. The number of benzene rings is 2. The molecule has 2 atom stereocenters. The van der Waals surface area contributed by atoms with Crippen LogP contribution in [0, 0.1) is 27.7 Å². The van der Waals surface area contributed by atoms with Crippen LogP contribution in [-0.2, 0) is 14.6 Å². The van der Waals surface area contributed by atoms with Crippen LogP contribution >= 0.6 is 23.4 Å². The van der Waals surface area contributed by atoms with Crippen LogP contribution in [0.3, 0.4) is 0 Å². The first-order valence-corrected chi connectivity index (χ1v) is 13.5. The molecule has 0 unspecified atom stereocenters. The highest BCUT2D eigenvalue weighted by molar-refractivity contribution is 8.15. The third-order valence-electron chi connectivity index (χ3n) is 5.75. The second-order valence-corrected chi connectivity index (χ2v) is 12.3. The number of hydrogen-bond acceptors (Lipinski definition) is 6. The number of sulfone groups is 1. The molecule has 0 aliphatic carbocycles. The van der Waals surface area contributed by atoms with Gasteiger partial charge in [-0.25, -0.2) is 8.42 Å². The van der Waals surface area contributed by atoms with Crippen LogP contribution in [0.5, 0.6) is 0 Å². The minimum Gasteiger partial charge on any atom is -0.324 e. The van der Waals surface area contributed by atoms with Gasteiger partial charge in [-0.05, 0) is 56.5 Å². The first kappa shape index (κ1) is 23.1. The van der Waals surface area contributed by atoms with Crippen molar-refractivity contribution in [1.82, 2.24) is 0 Å². The highest BCUT2D eigenvalue weighted by atomic mass is 35.5. The van der Waals surface area contributed by atoms with Crippen LogP contribution in [0.4, 0.5) is 11.4 Å². The van der Waals surface area contributed by atoms with Crippen molar-refractivity contribution in [1.29, 1.82) is 0 Å². The largest absolute Gasteiger partial charge is 0.324 e. The van der Waals surface area contributed by atoms with Crippen LogP contribution in [0.2, 0.25) is 5.02 Å². The lowest BCUT2D eigenvalue weighted by molar-refractivity contribution is -0.114. The monoisotopic (exact) mass is 491 g/mol. The zero-order chi connectivity index (χ0) is 23.2. The van der Waals surface area contributed by atoms with Gasteiger partial charge in [0.1, 0.15) is 6.54 Å². The molecule has 2 heterocycles. The van der Waals surface area contributed by atoms with Crippen molar-refractivity contribution in [2.24, 2.45) is 4.99 Å². The van der Waals surface area contributed by atoms with E-state index >= 15 is 0 Å². The van der Waals surface area contributed by atoms with Crippen molar-refractivity contribution in [3.8, 4) is 0 Å². The van der Waals surface area contributed by atoms with Gasteiger partial charge in [0.2, 0.25) is 5.91 Å². The number of amidine groups is 1. The predicted octanol–water partition coefficient (Wildman–Crippen LogP) is 4.29. The quantitative estimate of drug-likeness (QED) is 0.690. The standard InChI is InChI=1S/C23H26ClN3O3S2/c1-13-7-15(3)22(16(4)8-13)26-21(28)10-27(17-6-5-14(2)18(24)9-17)23-25-19-11-32(29,30)12-20(19)31-23/h5-9,19-20H,10-12H2,1-4H3,(H,26,28)/t19-,20-/m1/s1. The Bertz CT molecular complexity index is 1200. The summed E-state index contributed by atoms with van der Waals surface area (Å²) in [4.78, 5) is 19.6. The molecule has 1 saturated heterocycles. The number of thioether (sulfide) groups is 1. The molecule has 4 rings (SSSR count). The molecule has 1 amide bonds. The number of rotatable bonds is 4. The molecule has 32 heavy (non-hydrogen) atoms. The van der Waals surface area contributed by atoms with E-state index < -0.39 is 9.84 Å². The van der Waals surface area contributed by atoms with Crippen molar-refractivity contribution in [3.63, 3.8) is 0 Å². The van der Waals surface area contributed by atoms with Crippen LogP contribution < -0.4 is 10.2 Å². The fourth-order valence-corrected chi connectivity index (χ4v) is 8.14. The van der Waals surface area contributed by atoms with Gasteiger partial charge in [0, 0.05) is 21.6 Å². The molecule has 2 aromatic rings. The van der Waals surface area contributed by atoms with Crippen molar-refractivity contribution in [3.05, 3.63) is 57.6 Å². The summed E-state index contributed by atoms with van der Waals surface area (Å²) in [6, 6.07) is 9.44. The zero-order valence-corrected chi connectivity index (χ0v) is 20.9. The number of hydrogen-bond donors (Lipinski definition) is 1. The maximum atomic E-state index is 13.1. The third kappa shape index (κ3) is 4.82. The smallest absolute Gasteiger partial charge is 0.244 e. The molecule has 0 bridgehead atoms. The maximum absolute atomic E-state index is 13.1. The van der Waals surface area contributed by atoms with Gasteiger partial charge >= 0.3 is 0 Å². The summed E-state index contributed by atoms with van der Waals surface area (Å²) in [5.41, 5.74) is 5.66. The normalized spacial score (nSPS) is 21.2. The molecular weight excluding hydrogens is 466 g/mol. The highest BCUT2D eigenvalue weighted by Gasteiger charge is 2.44. The highest BCUT2D eigenvalue weighted by Crippen LogP contribution is 2.37. The number of carbonyl (C=O) groups excluding carboxylic acids is 1. The van der Waals surface area contributed by atoms with E-state index in [0.717, 1.165) is 33.6 Å². The third-order valence-corrected chi connectivity index (χ3v) is 9.40. The number of aliphatic imine (C=N–C) groups is 1. The first-order valence-electron chi connectivity index (χ1n) is 10.4. The van der Waals surface area contributed by atoms with Gasteiger partial charge in [0.05, 0.1) is 17.5 Å². The lowest BCUT2D eigenvalue weighted by atomic mass is 10.1. The van der Waals surface area contributed by atoms with Crippen LogP contribution in [0.1, 0.15) is 22.3 Å². The Hall–Kier alpha value is -2.03. The Kier molecular flexibility index (Phi) is 6.31. The van der Waals surface area contributed by atoms with E-state index in [1.807, 2.05) is 62.9 Å². The SMILES string of the molecule is Cc1cc(C)c(NC(=O)CN(C2=N[C@@H]3CS(=O)(=O)C[C@H]3S2)c2ccc(C)c(Cl)c2)c(C)c1. The second-order valence-electron chi connectivity index (χ2n) is 8.55. The number of carbonyl (C=O) groups is 1. The average molecular weight is 492 g/mol.